The largest absolute Gasteiger partial charge is 0.393 e. The number of rotatable bonds is 19. The molecule has 11 heteroatoms. The van der Waals surface area contributed by atoms with E-state index in [9.17, 15) is 24.1 Å². The highest BCUT2D eigenvalue weighted by Crippen LogP contribution is 2.36. The van der Waals surface area contributed by atoms with Crippen LogP contribution in [0.15, 0.2) is 0 Å². The van der Waals surface area contributed by atoms with E-state index in [0.29, 0.717) is 71.0 Å². The minimum atomic E-state index is -2.50. The topological polar surface area (TPSA) is 171 Å². The van der Waals surface area contributed by atoms with Crippen LogP contribution in [0, 0.1) is 95.2 Å². The molecule has 8 N–H and O–H groups in total. The van der Waals surface area contributed by atoms with E-state index in [1.54, 1.807) is 21.0 Å². The van der Waals surface area contributed by atoms with Gasteiger partial charge in [-0.15, -0.1) is 12.3 Å². The molecule has 0 aromatic rings. The maximum Gasteiger partial charge on any atom is 0.247 e. The van der Waals surface area contributed by atoms with E-state index < -0.39 is 23.0 Å². The van der Waals surface area contributed by atoms with Crippen molar-refractivity contribution in [2.75, 3.05) is 7.11 Å². The average Bonchev–Trinajstić information content (AvgIpc) is 4.32. The Labute approximate surface area is 527 Å². The number of hydrogen-bond acceptors (Lipinski definition) is 9. The number of alkyl halides is 2. The number of terminal acetylenes is 1. The number of methoxy groups -OCH3 is 1. The summed E-state index contributed by atoms with van der Waals surface area (Å²) in [5.74, 6) is 6.28. The summed E-state index contributed by atoms with van der Waals surface area (Å²) in [5, 5.41) is 72.5. The average molecular weight is 1220 g/mol. The van der Waals surface area contributed by atoms with E-state index >= 15 is 0 Å². The van der Waals surface area contributed by atoms with Crippen molar-refractivity contribution in [1.29, 1.82) is 0 Å². The van der Waals surface area contributed by atoms with Crippen LogP contribution >= 0.6 is 0 Å². The number of hydrogen-bond donors (Lipinski definition) is 8. The lowest BCUT2D eigenvalue weighted by molar-refractivity contribution is -0.0251. The highest BCUT2D eigenvalue weighted by molar-refractivity contribution is 4.84. The molecule has 6 atom stereocenters. The van der Waals surface area contributed by atoms with Crippen molar-refractivity contribution in [3.05, 3.63) is 0 Å². The first-order valence-corrected chi connectivity index (χ1v) is 33.5. The molecule has 2 aliphatic rings. The van der Waals surface area contributed by atoms with Gasteiger partial charge in [-0.05, 0) is 177 Å². The number of halogens is 2. The molecule has 520 valence electrons. The smallest absolute Gasteiger partial charge is 0.247 e. The summed E-state index contributed by atoms with van der Waals surface area (Å²) in [4.78, 5) is 0. The molecule has 0 saturated heterocycles. The fourth-order valence-electron chi connectivity index (χ4n) is 4.44. The van der Waals surface area contributed by atoms with Crippen molar-refractivity contribution < 1.29 is 54.4 Å². The first-order valence-electron chi connectivity index (χ1n) is 33.5. The van der Waals surface area contributed by atoms with Crippen molar-refractivity contribution >= 4 is 0 Å². The molecule has 0 spiro atoms. The Morgan fingerprint density at radius 3 is 0.679 bits per heavy atom. The minimum absolute atomic E-state index is 0.0185. The van der Waals surface area contributed by atoms with Gasteiger partial charge in [0.15, 0.2) is 0 Å². The summed E-state index contributed by atoms with van der Waals surface area (Å²) < 4.78 is 28.9. The van der Waals surface area contributed by atoms with Gasteiger partial charge in [0.1, 0.15) is 0 Å². The molecule has 0 aromatic heterocycles. The van der Waals surface area contributed by atoms with Crippen LogP contribution in [0.5, 0.6) is 0 Å². The third-order valence-electron chi connectivity index (χ3n) is 15.9. The molecule has 2 rings (SSSR count). The Hall–Kier alpha value is -0.940. The lowest BCUT2D eigenvalue weighted by Gasteiger charge is -2.29. The molecule has 0 aromatic carbocycles. The molecular formula is C73H160F2O9. The molecule has 0 aliphatic heterocycles. The molecule has 0 radical (unpaired) electrons. The van der Waals surface area contributed by atoms with Crippen LogP contribution < -0.4 is 0 Å². The third kappa shape index (κ3) is 83.1. The third-order valence-corrected chi connectivity index (χ3v) is 15.9. The molecule has 2 fully saturated rings. The highest BCUT2D eigenvalue weighted by atomic mass is 19.3. The molecule has 0 amide bonds. The molecule has 0 unspecified atom stereocenters. The highest BCUT2D eigenvalue weighted by Gasteiger charge is 2.32. The SMILES string of the molecule is C#CCC(C)C.CC(C)C(C)(C)O.CC(C)C(C)(F)F.CC(C)[C@@H](C)O.CC(C)[C@@H](O)C1CC1.CC(C)[C@H](C)O.CC(C)[C@H](O)C1CC1.CCC(C)C.CCC(O)(CC)C(C)C.CC[C@@H](O)C(C)C.CC[C@H](O)C(C)C.COC(C)(C)C(C)C. The molecule has 9 nitrogen and oxygen atoms in total. The van der Waals surface area contributed by atoms with Crippen molar-refractivity contribution in [2.24, 2.45) is 82.9 Å². The second-order valence-corrected chi connectivity index (χ2v) is 29.0. The van der Waals surface area contributed by atoms with Crippen LogP contribution in [0.2, 0.25) is 0 Å². The molecule has 84 heavy (non-hydrogen) atoms. The molecule has 0 bridgehead atoms. The lowest BCUT2D eigenvalue weighted by Crippen LogP contribution is -2.32. The van der Waals surface area contributed by atoms with Gasteiger partial charge in [-0.2, -0.15) is 0 Å². The number of aliphatic hydroxyl groups excluding tert-OH is 6. The zero-order chi connectivity index (χ0) is 70.0. The summed E-state index contributed by atoms with van der Waals surface area (Å²) in [6.45, 7) is 71.0. The Kier molecular flexibility index (Phi) is 74.4. The van der Waals surface area contributed by atoms with Gasteiger partial charge in [0.25, 0.3) is 0 Å². The standard InChI is InChI=1S/C8H18O.2C7H14O.C7H16O.3C6H14O.C6H10.C5H10F2.2C5H12O.C5H12/c1-5-8(9,6-2)7(3)4;2*1-5(2)7(8)6-3-4-6;1-6(2)7(3,4)8-5;1-5(2)6(3,4)7;2*1-4-6(7)5(2)3;1-4-5-6(2)3;1-4(2)5(3,6)7;2*1-4(2)5(3)6;1-4-5(2)3/h7,9H,5-6H2,1-4H3;2*5-8H,3-4H2,1-2H3;6H,1-5H3;5,7H,1-4H3;2*5-7H,4H2,1-3H3;1,6H,5H2,2-3H3;4H,1-3H3;2*4-6H,1-3H3;5H,4H2,1-3H3/t;2*7-;;;2*6-;;;2*5-;/m.10..10..10./s1. The second kappa shape index (κ2) is 59.7. The van der Waals surface area contributed by atoms with Gasteiger partial charge in [-0.25, -0.2) is 8.78 Å². The van der Waals surface area contributed by atoms with Gasteiger partial charge >= 0.3 is 0 Å². The van der Waals surface area contributed by atoms with E-state index in [1.165, 1.54) is 46.0 Å². The maximum absolute atomic E-state index is 11.8. The summed E-state index contributed by atoms with van der Waals surface area (Å²) in [7, 11) is 1.75. The normalized spacial score (nSPS) is 15.2. The van der Waals surface area contributed by atoms with Crippen LogP contribution in [0.1, 0.15) is 313 Å². The van der Waals surface area contributed by atoms with Crippen molar-refractivity contribution in [1.82, 2.24) is 0 Å². The van der Waals surface area contributed by atoms with Gasteiger partial charge in [0.05, 0.1) is 53.4 Å². The van der Waals surface area contributed by atoms with Crippen LogP contribution in [-0.2, 0) is 4.74 Å². The van der Waals surface area contributed by atoms with Gasteiger partial charge in [0, 0.05) is 19.4 Å². The maximum atomic E-state index is 11.8. The fourth-order valence-corrected chi connectivity index (χ4v) is 4.44. The van der Waals surface area contributed by atoms with E-state index in [-0.39, 0.29) is 42.2 Å². The predicted molar refractivity (Wildman–Crippen MR) is 369 cm³/mol. The van der Waals surface area contributed by atoms with Gasteiger partial charge in [-0.1, -0.05) is 207 Å². The minimum Gasteiger partial charge on any atom is -0.393 e. The lowest BCUT2D eigenvalue weighted by atomic mass is 9.86. The predicted octanol–water partition coefficient (Wildman–Crippen LogP) is 19.4. The van der Waals surface area contributed by atoms with Crippen LogP contribution in [0.25, 0.3) is 0 Å². The number of aliphatic hydroxyl groups is 8. The second-order valence-electron chi connectivity index (χ2n) is 29.0. The summed E-state index contributed by atoms with van der Waals surface area (Å²) >= 11 is 0. The fraction of sp³-hybridized carbons (Fsp3) is 0.973. The van der Waals surface area contributed by atoms with Crippen molar-refractivity contribution in [3.8, 4) is 12.3 Å². The summed E-state index contributed by atoms with van der Waals surface area (Å²) in [5.41, 5.74) is -0.875. The number of ether oxygens (including phenoxy) is 1. The quantitative estimate of drug-likeness (QED) is 0.0587. The molecule has 2 aliphatic carbocycles. The van der Waals surface area contributed by atoms with Crippen LogP contribution in [0.4, 0.5) is 8.78 Å². The Balaban J connectivity index is -0.0000000892. The van der Waals surface area contributed by atoms with Crippen molar-refractivity contribution in [2.45, 2.75) is 373 Å². The van der Waals surface area contributed by atoms with E-state index in [2.05, 4.69) is 110 Å². The van der Waals surface area contributed by atoms with Gasteiger partial charge in [-0.3, -0.25) is 0 Å². The Morgan fingerprint density at radius 2 is 0.667 bits per heavy atom. The molecular weight excluding hydrogens is 1060 g/mol. The molecule has 0 heterocycles. The Morgan fingerprint density at radius 1 is 0.429 bits per heavy atom. The zero-order valence-electron chi connectivity index (χ0n) is 63.4. The summed E-state index contributed by atoms with van der Waals surface area (Å²) in [6.07, 6.45) is 15.1. The van der Waals surface area contributed by atoms with Gasteiger partial charge < -0.3 is 45.6 Å². The van der Waals surface area contributed by atoms with Crippen molar-refractivity contribution in [3.63, 3.8) is 0 Å². The first-order chi connectivity index (χ1) is 37.6. The Bertz CT molecular complexity index is 1240. The van der Waals surface area contributed by atoms with E-state index in [1.807, 2.05) is 111 Å². The monoisotopic (exact) mass is 1220 g/mol. The first kappa shape index (κ1) is 105. The van der Waals surface area contributed by atoms with E-state index in [0.717, 1.165) is 44.9 Å². The van der Waals surface area contributed by atoms with Crippen LogP contribution in [-0.4, -0.2) is 107 Å². The summed E-state index contributed by atoms with van der Waals surface area (Å²) in [6, 6.07) is 0. The zero-order valence-corrected chi connectivity index (χ0v) is 63.4. The van der Waals surface area contributed by atoms with Crippen LogP contribution in [0.3, 0.4) is 0 Å². The van der Waals surface area contributed by atoms with E-state index in [4.69, 9.17) is 36.7 Å². The van der Waals surface area contributed by atoms with Gasteiger partial charge in [0.2, 0.25) is 5.92 Å². The molecule has 2 saturated carbocycles.